The van der Waals surface area contributed by atoms with Gasteiger partial charge in [0.1, 0.15) is 0 Å². The third kappa shape index (κ3) is 2.07. The van der Waals surface area contributed by atoms with Crippen LogP contribution in [0.2, 0.25) is 5.02 Å². The Hall–Kier alpha value is -1.61. The Balaban J connectivity index is 2.39. The van der Waals surface area contributed by atoms with Crippen molar-refractivity contribution in [3.8, 4) is 0 Å². The van der Waals surface area contributed by atoms with Gasteiger partial charge in [0.05, 0.1) is 0 Å². The van der Waals surface area contributed by atoms with Crippen LogP contribution < -0.4 is 0 Å². The van der Waals surface area contributed by atoms with Crippen LogP contribution in [-0.2, 0) is 9.53 Å². The largest absolute Gasteiger partial charge is 0.407 e. The molecule has 0 atom stereocenters. The second-order valence-electron chi connectivity index (χ2n) is 3.07. The van der Waals surface area contributed by atoms with E-state index in [-0.39, 0.29) is 5.70 Å². The van der Waals surface area contributed by atoms with Crippen LogP contribution in [0.25, 0.3) is 6.08 Å². The molecule has 0 amide bonds. The average Bonchev–Trinajstić information content (AvgIpc) is 2.49. The lowest BCUT2D eigenvalue weighted by atomic mass is 10.2. The van der Waals surface area contributed by atoms with E-state index >= 15 is 0 Å². The highest BCUT2D eigenvalue weighted by molar-refractivity contribution is 6.32. The van der Waals surface area contributed by atoms with E-state index < -0.39 is 5.97 Å². The number of esters is 1. The van der Waals surface area contributed by atoms with Crippen molar-refractivity contribution in [3.63, 3.8) is 0 Å². The summed E-state index contributed by atoms with van der Waals surface area (Å²) in [6.07, 6.45) is 1.61. The van der Waals surface area contributed by atoms with Crippen molar-refractivity contribution in [2.45, 2.75) is 6.92 Å². The first kappa shape index (κ1) is 9.93. The zero-order valence-corrected chi connectivity index (χ0v) is 8.78. The minimum Gasteiger partial charge on any atom is -0.407 e. The van der Waals surface area contributed by atoms with E-state index in [1.807, 2.05) is 18.2 Å². The summed E-state index contributed by atoms with van der Waals surface area (Å²) in [5, 5.41) is 0.581. The molecule has 0 bridgehead atoms. The number of ether oxygens (including phenoxy) is 1. The highest BCUT2D eigenvalue weighted by Gasteiger charge is 2.19. The van der Waals surface area contributed by atoms with Gasteiger partial charge in [-0.15, -0.1) is 0 Å². The zero-order valence-electron chi connectivity index (χ0n) is 8.03. The van der Waals surface area contributed by atoms with Gasteiger partial charge in [0.15, 0.2) is 11.6 Å². The van der Waals surface area contributed by atoms with Gasteiger partial charge in [-0.1, -0.05) is 29.8 Å². The minimum absolute atomic E-state index is 0.278. The van der Waals surface area contributed by atoms with Crippen LogP contribution in [0.5, 0.6) is 0 Å². The molecule has 1 heterocycles. The van der Waals surface area contributed by atoms with Crippen LogP contribution in [0.3, 0.4) is 0 Å². The monoisotopic (exact) mass is 221 g/mol. The van der Waals surface area contributed by atoms with Crippen molar-refractivity contribution in [1.29, 1.82) is 0 Å². The summed E-state index contributed by atoms with van der Waals surface area (Å²) in [6, 6.07) is 7.23. The second kappa shape index (κ2) is 3.87. The number of nitrogens with zero attached hydrogens (tertiary/aromatic N) is 1. The predicted octanol–water partition coefficient (Wildman–Crippen LogP) is 2.66. The third-order valence-electron chi connectivity index (χ3n) is 1.92. The Bertz CT molecular complexity index is 477. The Morgan fingerprint density at radius 3 is 2.73 bits per heavy atom. The molecule has 3 nitrogen and oxygen atoms in total. The standard InChI is InChI=1S/C11H8ClNO2/c1-7-13-10(11(14)15-7)6-8-4-2-3-5-9(8)12/h2-6H,1H3/b10-6+. The van der Waals surface area contributed by atoms with Crippen LogP contribution in [0.4, 0.5) is 0 Å². The summed E-state index contributed by atoms with van der Waals surface area (Å²) < 4.78 is 4.79. The van der Waals surface area contributed by atoms with Crippen molar-refractivity contribution in [2.24, 2.45) is 4.99 Å². The molecule has 2 rings (SSSR count). The summed E-state index contributed by atoms with van der Waals surface area (Å²) in [7, 11) is 0. The maximum absolute atomic E-state index is 11.3. The smallest absolute Gasteiger partial charge is 0.363 e. The molecule has 15 heavy (non-hydrogen) atoms. The van der Waals surface area contributed by atoms with Gasteiger partial charge in [-0.2, -0.15) is 0 Å². The molecule has 0 aliphatic carbocycles. The number of aliphatic imine (C=N–C) groups is 1. The Kier molecular flexibility index (Phi) is 2.56. The van der Waals surface area contributed by atoms with E-state index in [2.05, 4.69) is 4.99 Å². The number of carbonyl (C=O) groups excluding carboxylic acids is 1. The van der Waals surface area contributed by atoms with Gasteiger partial charge in [0.2, 0.25) is 0 Å². The van der Waals surface area contributed by atoms with Crippen molar-refractivity contribution < 1.29 is 9.53 Å². The number of rotatable bonds is 1. The fraction of sp³-hybridized carbons (Fsp3) is 0.0909. The Morgan fingerprint density at radius 2 is 2.13 bits per heavy atom. The predicted molar refractivity (Wildman–Crippen MR) is 58.6 cm³/mol. The molecule has 0 spiro atoms. The van der Waals surface area contributed by atoms with Gasteiger partial charge in [-0.25, -0.2) is 9.79 Å². The summed E-state index contributed by atoms with van der Waals surface area (Å²) in [6.45, 7) is 1.63. The van der Waals surface area contributed by atoms with Crippen molar-refractivity contribution in [3.05, 3.63) is 40.5 Å². The number of hydrogen-bond acceptors (Lipinski definition) is 3. The summed E-state index contributed by atoms with van der Waals surface area (Å²) >= 11 is 5.94. The number of cyclic esters (lactones) is 1. The highest BCUT2D eigenvalue weighted by atomic mass is 35.5. The third-order valence-corrected chi connectivity index (χ3v) is 2.27. The van der Waals surface area contributed by atoms with E-state index in [0.717, 1.165) is 5.56 Å². The minimum atomic E-state index is -0.438. The number of carbonyl (C=O) groups is 1. The normalized spacial score (nSPS) is 17.9. The lowest BCUT2D eigenvalue weighted by Gasteiger charge is -1.96. The van der Waals surface area contributed by atoms with E-state index in [1.165, 1.54) is 0 Å². The average molecular weight is 222 g/mol. The molecule has 0 N–H and O–H groups in total. The van der Waals surface area contributed by atoms with E-state index in [4.69, 9.17) is 16.3 Å². The topological polar surface area (TPSA) is 38.7 Å². The number of hydrogen-bond donors (Lipinski definition) is 0. The van der Waals surface area contributed by atoms with Gasteiger partial charge >= 0.3 is 5.97 Å². The summed E-state index contributed by atoms with van der Waals surface area (Å²) in [5.41, 5.74) is 1.03. The SMILES string of the molecule is CC1=N/C(=C/c2ccccc2Cl)C(=O)O1. The molecule has 0 unspecified atom stereocenters. The first-order valence-electron chi connectivity index (χ1n) is 4.40. The van der Waals surface area contributed by atoms with Gasteiger partial charge < -0.3 is 4.74 Å². The fourth-order valence-electron chi connectivity index (χ4n) is 1.26. The van der Waals surface area contributed by atoms with Gasteiger partial charge in [0, 0.05) is 11.9 Å². The molecule has 1 aromatic rings. The molecule has 76 valence electrons. The Morgan fingerprint density at radius 1 is 1.40 bits per heavy atom. The molecule has 0 radical (unpaired) electrons. The lowest BCUT2D eigenvalue weighted by molar-refractivity contribution is -0.130. The molecule has 0 fully saturated rings. The van der Waals surface area contributed by atoms with Crippen LogP contribution >= 0.6 is 11.6 Å². The van der Waals surface area contributed by atoms with E-state index in [9.17, 15) is 4.79 Å². The second-order valence-corrected chi connectivity index (χ2v) is 3.48. The molecule has 4 heteroatoms. The zero-order chi connectivity index (χ0) is 10.8. The first-order chi connectivity index (χ1) is 7.16. The molecule has 0 aromatic heterocycles. The van der Waals surface area contributed by atoms with Crippen LogP contribution in [-0.4, -0.2) is 11.9 Å². The van der Waals surface area contributed by atoms with Gasteiger partial charge in [-0.3, -0.25) is 0 Å². The van der Waals surface area contributed by atoms with E-state index in [1.54, 1.807) is 19.1 Å². The molecule has 1 aliphatic rings. The van der Waals surface area contributed by atoms with Gasteiger partial charge in [-0.05, 0) is 17.7 Å². The molecule has 1 aromatic carbocycles. The molecule has 0 saturated carbocycles. The highest BCUT2D eigenvalue weighted by Crippen LogP contribution is 2.21. The van der Waals surface area contributed by atoms with E-state index in [0.29, 0.717) is 10.9 Å². The molecule has 1 aliphatic heterocycles. The quantitative estimate of drug-likeness (QED) is 0.540. The lowest BCUT2D eigenvalue weighted by Crippen LogP contribution is -1.99. The van der Waals surface area contributed by atoms with Crippen molar-refractivity contribution in [2.75, 3.05) is 0 Å². The molecular weight excluding hydrogens is 214 g/mol. The maximum Gasteiger partial charge on any atom is 0.363 e. The fourth-order valence-corrected chi connectivity index (χ4v) is 1.45. The maximum atomic E-state index is 11.3. The molecular formula is C11H8ClNO2. The Labute approximate surface area is 92.0 Å². The number of halogens is 1. The number of benzene rings is 1. The molecule has 0 saturated heterocycles. The summed E-state index contributed by atoms with van der Waals surface area (Å²) in [5.74, 6) is -0.0780. The summed E-state index contributed by atoms with van der Waals surface area (Å²) in [4.78, 5) is 15.2. The van der Waals surface area contributed by atoms with Crippen LogP contribution in [0.1, 0.15) is 12.5 Å². The van der Waals surface area contributed by atoms with Crippen molar-refractivity contribution >= 4 is 29.5 Å². The van der Waals surface area contributed by atoms with Gasteiger partial charge in [0.25, 0.3) is 0 Å². The van der Waals surface area contributed by atoms with Crippen LogP contribution in [0, 0.1) is 0 Å². The van der Waals surface area contributed by atoms with Crippen LogP contribution in [0.15, 0.2) is 35.0 Å². The van der Waals surface area contributed by atoms with Crippen molar-refractivity contribution in [1.82, 2.24) is 0 Å². The first-order valence-corrected chi connectivity index (χ1v) is 4.78.